The van der Waals surface area contributed by atoms with E-state index in [4.69, 9.17) is 0 Å². The van der Waals surface area contributed by atoms with E-state index in [-0.39, 0.29) is 17.4 Å². The minimum Gasteiger partial charge on any atom is -0.362 e. The minimum atomic E-state index is -0.546. The van der Waals surface area contributed by atoms with Crippen molar-refractivity contribution in [1.29, 1.82) is 0 Å². The lowest BCUT2D eigenvalue weighted by Gasteiger charge is -2.37. The van der Waals surface area contributed by atoms with Crippen LogP contribution in [0.4, 0.5) is 10.1 Å². The third-order valence-electron chi connectivity index (χ3n) is 6.67. The summed E-state index contributed by atoms with van der Waals surface area (Å²) in [6.07, 6.45) is 1.05. The average molecular weight is 531 g/mol. The lowest BCUT2D eigenvalue weighted by atomic mass is 9.71. The summed E-state index contributed by atoms with van der Waals surface area (Å²) >= 11 is 3.47. The Morgan fingerprint density at radius 1 is 0.943 bits per heavy atom. The molecule has 6 heteroatoms. The first-order chi connectivity index (χ1) is 16.9. The smallest absolute Gasteiger partial charge is 0.254 e. The maximum Gasteiger partial charge on any atom is 0.254 e. The number of carbonyl (C=O) groups is 2. The van der Waals surface area contributed by atoms with Crippen molar-refractivity contribution in [3.8, 4) is 0 Å². The van der Waals surface area contributed by atoms with Crippen LogP contribution in [0.5, 0.6) is 0 Å². The van der Waals surface area contributed by atoms with Crippen molar-refractivity contribution in [2.24, 2.45) is 0 Å². The van der Waals surface area contributed by atoms with E-state index < -0.39 is 17.6 Å². The molecule has 35 heavy (non-hydrogen) atoms. The number of rotatable bonds is 4. The first-order valence-corrected chi connectivity index (χ1v) is 12.3. The third kappa shape index (κ3) is 4.58. The highest BCUT2D eigenvalue weighted by atomic mass is 79.9. The normalized spacial score (nSPS) is 19.8. The molecule has 1 heterocycles. The standard InChI is InChI=1S/C29H24BrFN2O2/c1-17-26(29(35)33-23-10-6-5-9-22(23)31)27(19-11-13-21(30)14-12-19)28-24(32-17)15-20(16-25(28)34)18-7-3-2-4-8-18/h2-14,20,27,32H,15-16H2,1H3,(H,33,35). The number of para-hydroxylation sites is 1. The molecule has 176 valence electrons. The highest BCUT2D eigenvalue weighted by molar-refractivity contribution is 9.10. The molecule has 2 N–H and O–H groups in total. The molecule has 2 unspecified atom stereocenters. The van der Waals surface area contributed by atoms with Gasteiger partial charge in [0.15, 0.2) is 5.78 Å². The zero-order valence-corrected chi connectivity index (χ0v) is 20.7. The van der Waals surface area contributed by atoms with E-state index in [1.165, 1.54) is 12.1 Å². The van der Waals surface area contributed by atoms with Gasteiger partial charge in [0.05, 0.1) is 5.69 Å². The summed E-state index contributed by atoms with van der Waals surface area (Å²) < 4.78 is 15.2. The van der Waals surface area contributed by atoms with E-state index in [0.29, 0.717) is 29.7 Å². The number of hydrogen-bond donors (Lipinski definition) is 2. The zero-order chi connectivity index (χ0) is 24.5. The van der Waals surface area contributed by atoms with Crippen LogP contribution in [0.25, 0.3) is 0 Å². The number of allylic oxidation sites excluding steroid dienone is 3. The van der Waals surface area contributed by atoms with Crippen molar-refractivity contribution in [2.45, 2.75) is 31.6 Å². The number of amides is 1. The molecule has 1 amide bonds. The summed E-state index contributed by atoms with van der Waals surface area (Å²) in [6.45, 7) is 1.84. The van der Waals surface area contributed by atoms with Gasteiger partial charge in [-0.1, -0.05) is 70.5 Å². The van der Waals surface area contributed by atoms with Crippen LogP contribution >= 0.6 is 15.9 Å². The summed E-state index contributed by atoms with van der Waals surface area (Å²) in [5, 5.41) is 6.08. The third-order valence-corrected chi connectivity index (χ3v) is 7.20. The highest BCUT2D eigenvalue weighted by Gasteiger charge is 2.41. The number of benzene rings is 3. The van der Waals surface area contributed by atoms with Gasteiger partial charge in [-0.05, 0) is 54.7 Å². The van der Waals surface area contributed by atoms with Gasteiger partial charge in [-0.15, -0.1) is 0 Å². The Hall–Kier alpha value is -3.51. The van der Waals surface area contributed by atoms with Crippen molar-refractivity contribution < 1.29 is 14.0 Å². The molecular weight excluding hydrogens is 507 g/mol. The molecule has 1 aliphatic heterocycles. The van der Waals surface area contributed by atoms with Crippen molar-refractivity contribution >= 4 is 33.3 Å². The maximum absolute atomic E-state index is 14.3. The van der Waals surface area contributed by atoms with E-state index >= 15 is 0 Å². The summed E-state index contributed by atoms with van der Waals surface area (Å²) in [6, 6.07) is 23.7. The Morgan fingerprint density at radius 2 is 1.63 bits per heavy atom. The van der Waals surface area contributed by atoms with Crippen LogP contribution in [0.2, 0.25) is 0 Å². The van der Waals surface area contributed by atoms with Crippen LogP contribution in [0.3, 0.4) is 0 Å². The predicted molar refractivity (Wildman–Crippen MR) is 138 cm³/mol. The maximum atomic E-state index is 14.3. The number of Topliss-reactive ketones (excluding diaryl/α,β-unsaturated/α-hetero) is 1. The Morgan fingerprint density at radius 3 is 2.34 bits per heavy atom. The largest absolute Gasteiger partial charge is 0.362 e. The fourth-order valence-corrected chi connectivity index (χ4v) is 5.31. The molecule has 0 saturated heterocycles. The Labute approximate surface area is 212 Å². The molecule has 0 fully saturated rings. The average Bonchev–Trinajstić information content (AvgIpc) is 2.85. The van der Waals surface area contributed by atoms with E-state index in [0.717, 1.165) is 21.3 Å². The van der Waals surface area contributed by atoms with Crippen LogP contribution in [-0.4, -0.2) is 11.7 Å². The Bertz CT molecular complexity index is 1360. The van der Waals surface area contributed by atoms with E-state index in [1.54, 1.807) is 12.1 Å². The first kappa shape index (κ1) is 23.2. The number of carbonyl (C=O) groups excluding carboxylic acids is 2. The van der Waals surface area contributed by atoms with Crippen molar-refractivity contribution in [2.75, 3.05) is 5.32 Å². The molecule has 3 aromatic rings. The highest BCUT2D eigenvalue weighted by Crippen LogP contribution is 2.45. The first-order valence-electron chi connectivity index (χ1n) is 11.5. The van der Waals surface area contributed by atoms with Crippen molar-refractivity contribution in [3.63, 3.8) is 0 Å². The zero-order valence-electron chi connectivity index (χ0n) is 19.1. The molecule has 2 atom stereocenters. The SMILES string of the molecule is CC1=C(C(=O)Nc2ccccc2F)C(c2ccc(Br)cc2)C2=C(CC(c3ccccc3)CC2=O)N1. The number of dihydropyridines is 1. The topological polar surface area (TPSA) is 58.2 Å². The molecular formula is C29H24BrFN2O2. The van der Waals surface area contributed by atoms with Gasteiger partial charge in [0, 0.05) is 39.4 Å². The van der Waals surface area contributed by atoms with Crippen LogP contribution in [0, 0.1) is 5.82 Å². The quantitative estimate of drug-likeness (QED) is 0.400. The van der Waals surface area contributed by atoms with Gasteiger partial charge < -0.3 is 10.6 Å². The Balaban J connectivity index is 1.57. The number of hydrogen-bond acceptors (Lipinski definition) is 3. The molecule has 0 saturated carbocycles. The second kappa shape index (κ2) is 9.62. The molecule has 1 aliphatic carbocycles. The summed E-state index contributed by atoms with van der Waals surface area (Å²) in [5.41, 5.74) is 4.61. The van der Waals surface area contributed by atoms with Crippen LogP contribution in [0.15, 0.2) is 106 Å². The summed E-state index contributed by atoms with van der Waals surface area (Å²) in [5.74, 6) is -1.40. The van der Waals surface area contributed by atoms with E-state index in [9.17, 15) is 14.0 Å². The number of ketones is 1. The molecule has 0 spiro atoms. The molecule has 5 rings (SSSR count). The van der Waals surface area contributed by atoms with E-state index in [2.05, 4.69) is 38.7 Å². The van der Waals surface area contributed by atoms with Crippen molar-refractivity contribution in [1.82, 2.24) is 5.32 Å². The monoisotopic (exact) mass is 530 g/mol. The lowest BCUT2D eigenvalue weighted by molar-refractivity contribution is -0.116. The van der Waals surface area contributed by atoms with Gasteiger partial charge in [0.25, 0.3) is 5.91 Å². The second-order valence-corrected chi connectivity index (χ2v) is 9.83. The van der Waals surface area contributed by atoms with Gasteiger partial charge in [0.2, 0.25) is 0 Å². The fourth-order valence-electron chi connectivity index (χ4n) is 5.04. The summed E-state index contributed by atoms with van der Waals surface area (Å²) in [4.78, 5) is 27.2. The molecule has 0 bridgehead atoms. The van der Waals surface area contributed by atoms with Gasteiger partial charge in [-0.3, -0.25) is 9.59 Å². The second-order valence-electron chi connectivity index (χ2n) is 8.91. The molecule has 3 aromatic carbocycles. The van der Waals surface area contributed by atoms with Gasteiger partial charge in [0.1, 0.15) is 5.82 Å². The number of anilines is 1. The van der Waals surface area contributed by atoms with Crippen LogP contribution in [-0.2, 0) is 9.59 Å². The Kier molecular flexibility index (Phi) is 6.39. The molecule has 2 aliphatic rings. The minimum absolute atomic E-state index is 0.0178. The van der Waals surface area contributed by atoms with Crippen molar-refractivity contribution in [3.05, 3.63) is 123 Å². The fraction of sp³-hybridized carbons (Fsp3) is 0.172. The summed E-state index contributed by atoms with van der Waals surface area (Å²) in [7, 11) is 0. The van der Waals surface area contributed by atoms with Gasteiger partial charge in [-0.2, -0.15) is 0 Å². The number of nitrogens with one attached hydrogen (secondary N) is 2. The molecule has 0 aromatic heterocycles. The van der Waals surface area contributed by atoms with Crippen LogP contribution < -0.4 is 10.6 Å². The van der Waals surface area contributed by atoms with Gasteiger partial charge >= 0.3 is 0 Å². The van der Waals surface area contributed by atoms with Gasteiger partial charge in [-0.25, -0.2) is 4.39 Å². The van der Waals surface area contributed by atoms with Crippen LogP contribution in [0.1, 0.15) is 42.7 Å². The number of halogens is 2. The van der Waals surface area contributed by atoms with E-state index in [1.807, 2.05) is 49.4 Å². The predicted octanol–water partition coefficient (Wildman–Crippen LogP) is 6.59. The lowest BCUT2D eigenvalue weighted by Crippen LogP contribution is -2.37. The molecule has 4 nitrogen and oxygen atoms in total. The molecule has 0 radical (unpaired) electrons.